The molecule has 3 rings (SSSR count). The zero-order valence-corrected chi connectivity index (χ0v) is 11.6. The number of hydrogen-bond donors (Lipinski definition) is 0. The van der Waals surface area contributed by atoms with Crippen molar-refractivity contribution in [2.45, 2.75) is 44.4 Å². The SMILES string of the molecule is c1nc([C@H]2CCOC2)cc(N2CCCCCCC2)n1. The Kier molecular flexibility index (Phi) is 4.28. The van der Waals surface area contributed by atoms with Gasteiger partial charge in [-0.15, -0.1) is 0 Å². The van der Waals surface area contributed by atoms with Crippen LogP contribution in [0.15, 0.2) is 12.4 Å². The number of ether oxygens (including phenoxy) is 1. The Hall–Kier alpha value is -1.16. The Bertz CT molecular complexity index is 396. The van der Waals surface area contributed by atoms with E-state index >= 15 is 0 Å². The van der Waals surface area contributed by atoms with Crippen molar-refractivity contribution in [3.63, 3.8) is 0 Å². The minimum atomic E-state index is 0.469. The monoisotopic (exact) mass is 261 g/mol. The molecular weight excluding hydrogens is 238 g/mol. The Morgan fingerprint density at radius 3 is 2.58 bits per heavy atom. The molecule has 0 aromatic carbocycles. The molecule has 19 heavy (non-hydrogen) atoms. The Morgan fingerprint density at radius 2 is 1.84 bits per heavy atom. The maximum atomic E-state index is 5.46. The molecule has 0 amide bonds. The van der Waals surface area contributed by atoms with Gasteiger partial charge < -0.3 is 9.64 Å². The molecule has 0 spiro atoms. The highest BCUT2D eigenvalue weighted by Crippen LogP contribution is 2.26. The number of anilines is 1. The summed E-state index contributed by atoms with van der Waals surface area (Å²) < 4.78 is 5.46. The first-order valence-corrected chi connectivity index (χ1v) is 7.58. The summed E-state index contributed by atoms with van der Waals surface area (Å²) in [6.07, 6.45) is 9.48. The average Bonchev–Trinajstić information content (AvgIpc) is 2.92. The molecule has 2 fully saturated rings. The van der Waals surface area contributed by atoms with E-state index in [1.54, 1.807) is 6.33 Å². The van der Waals surface area contributed by atoms with Crippen molar-refractivity contribution in [1.82, 2.24) is 9.97 Å². The standard InChI is InChI=1S/C15H23N3O/c1-2-4-7-18(8-5-3-1)15-10-14(16-12-17-15)13-6-9-19-11-13/h10,12-13H,1-9,11H2/t13-/m0/s1. The lowest BCUT2D eigenvalue weighted by Crippen LogP contribution is -2.28. The topological polar surface area (TPSA) is 38.2 Å². The lowest BCUT2D eigenvalue weighted by atomic mass is 10.0. The summed E-state index contributed by atoms with van der Waals surface area (Å²) in [5.41, 5.74) is 1.16. The number of rotatable bonds is 2. The van der Waals surface area contributed by atoms with E-state index in [-0.39, 0.29) is 0 Å². The van der Waals surface area contributed by atoms with Crippen LogP contribution in [0, 0.1) is 0 Å². The van der Waals surface area contributed by atoms with E-state index in [9.17, 15) is 0 Å². The minimum absolute atomic E-state index is 0.469. The van der Waals surface area contributed by atoms with Gasteiger partial charge in [-0.05, 0) is 19.3 Å². The van der Waals surface area contributed by atoms with E-state index in [2.05, 4.69) is 20.9 Å². The predicted molar refractivity (Wildman–Crippen MR) is 75.5 cm³/mol. The number of aromatic nitrogens is 2. The Labute approximate surface area is 115 Å². The van der Waals surface area contributed by atoms with Gasteiger partial charge >= 0.3 is 0 Å². The van der Waals surface area contributed by atoms with Gasteiger partial charge in [0.15, 0.2) is 0 Å². The lowest BCUT2D eigenvalue weighted by Gasteiger charge is -2.26. The summed E-state index contributed by atoms with van der Waals surface area (Å²) in [7, 11) is 0. The van der Waals surface area contributed by atoms with Crippen LogP contribution in [0.5, 0.6) is 0 Å². The second kappa shape index (κ2) is 6.33. The van der Waals surface area contributed by atoms with E-state index < -0.39 is 0 Å². The summed E-state index contributed by atoms with van der Waals surface area (Å²) in [6, 6.07) is 2.18. The van der Waals surface area contributed by atoms with Gasteiger partial charge in [0, 0.05) is 31.7 Å². The van der Waals surface area contributed by atoms with Gasteiger partial charge in [-0.25, -0.2) is 9.97 Å². The van der Waals surface area contributed by atoms with Crippen molar-refractivity contribution >= 4 is 5.82 Å². The Morgan fingerprint density at radius 1 is 1.05 bits per heavy atom. The fraction of sp³-hybridized carbons (Fsp3) is 0.733. The molecule has 2 aliphatic heterocycles. The van der Waals surface area contributed by atoms with Crippen LogP contribution in [-0.2, 0) is 4.74 Å². The van der Waals surface area contributed by atoms with Gasteiger partial charge in [-0.1, -0.05) is 19.3 Å². The van der Waals surface area contributed by atoms with E-state index in [0.29, 0.717) is 5.92 Å². The van der Waals surface area contributed by atoms with Gasteiger partial charge in [0.2, 0.25) is 0 Å². The molecule has 2 aliphatic rings. The molecular formula is C15H23N3O. The highest BCUT2D eigenvalue weighted by atomic mass is 16.5. The molecule has 104 valence electrons. The maximum Gasteiger partial charge on any atom is 0.132 e. The van der Waals surface area contributed by atoms with Crippen molar-refractivity contribution < 1.29 is 4.74 Å². The van der Waals surface area contributed by atoms with Crippen molar-refractivity contribution in [3.8, 4) is 0 Å². The maximum absolute atomic E-state index is 5.46. The zero-order chi connectivity index (χ0) is 12.9. The molecule has 0 radical (unpaired) electrons. The van der Waals surface area contributed by atoms with E-state index in [4.69, 9.17) is 4.74 Å². The molecule has 0 saturated carbocycles. The van der Waals surface area contributed by atoms with Crippen LogP contribution in [0.2, 0.25) is 0 Å². The summed E-state index contributed by atoms with van der Waals surface area (Å²) in [4.78, 5) is 11.4. The molecule has 1 aromatic heterocycles. The molecule has 4 heteroatoms. The fourth-order valence-corrected chi connectivity index (χ4v) is 3.00. The highest BCUT2D eigenvalue weighted by Gasteiger charge is 2.20. The number of nitrogens with zero attached hydrogens (tertiary/aromatic N) is 3. The molecule has 0 aliphatic carbocycles. The van der Waals surface area contributed by atoms with Gasteiger partial charge in [0.05, 0.1) is 12.3 Å². The third kappa shape index (κ3) is 3.24. The molecule has 1 aromatic rings. The summed E-state index contributed by atoms with van der Waals surface area (Å²) in [6.45, 7) is 3.96. The Balaban J connectivity index is 1.73. The molecule has 4 nitrogen and oxygen atoms in total. The van der Waals surface area contributed by atoms with Crippen molar-refractivity contribution in [2.75, 3.05) is 31.2 Å². The highest BCUT2D eigenvalue weighted by molar-refractivity contribution is 5.39. The van der Waals surface area contributed by atoms with Crippen LogP contribution in [0.1, 0.15) is 50.1 Å². The summed E-state index contributed by atoms with van der Waals surface area (Å²) >= 11 is 0. The second-order valence-corrected chi connectivity index (χ2v) is 5.62. The largest absolute Gasteiger partial charge is 0.381 e. The van der Waals surface area contributed by atoms with Crippen LogP contribution in [-0.4, -0.2) is 36.3 Å². The summed E-state index contributed by atoms with van der Waals surface area (Å²) in [5, 5.41) is 0. The van der Waals surface area contributed by atoms with Crippen LogP contribution in [0.3, 0.4) is 0 Å². The molecule has 0 bridgehead atoms. The predicted octanol–water partition coefficient (Wildman–Crippen LogP) is 2.75. The zero-order valence-electron chi connectivity index (χ0n) is 11.6. The van der Waals surface area contributed by atoms with Crippen molar-refractivity contribution in [1.29, 1.82) is 0 Å². The molecule has 0 N–H and O–H groups in total. The quantitative estimate of drug-likeness (QED) is 0.820. The van der Waals surface area contributed by atoms with E-state index in [0.717, 1.165) is 44.2 Å². The molecule has 3 heterocycles. The summed E-state index contributed by atoms with van der Waals surface area (Å²) in [5.74, 6) is 1.58. The van der Waals surface area contributed by atoms with Crippen LogP contribution in [0.4, 0.5) is 5.82 Å². The van der Waals surface area contributed by atoms with Gasteiger partial charge in [-0.2, -0.15) is 0 Å². The average molecular weight is 261 g/mol. The normalized spacial score (nSPS) is 25.1. The van der Waals surface area contributed by atoms with Gasteiger partial charge in [0.25, 0.3) is 0 Å². The first-order chi connectivity index (χ1) is 9.43. The van der Waals surface area contributed by atoms with Crippen molar-refractivity contribution in [2.24, 2.45) is 0 Å². The first-order valence-electron chi connectivity index (χ1n) is 7.58. The van der Waals surface area contributed by atoms with Gasteiger partial charge in [0.1, 0.15) is 12.1 Å². The smallest absolute Gasteiger partial charge is 0.132 e. The molecule has 2 saturated heterocycles. The van der Waals surface area contributed by atoms with Gasteiger partial charge in [-0.3, -0.25) is 0 Å². The van der Waals surface area contributed by atoms with Crippen LogP contribution < -0.4 is 4.90 Å². The number of hydrogen-bond acceptors (Lipinski definition) is 4. The van der Waals surface area contributed by atoms with E-state index in [1.807, 2.05) is 0 Å². The van der Waals surface area contributed by atoms with Crippen molar-refractivity contribution in [3.05, 3.63) is 18.1 Å². The molecule has 1 atom stereocenters. The first kappa shape index (κ1) is 12.9. The lowest BCUT2D eigenvalue weighted by molar-refractivity contribution is 0.193. The fourth-order valence-electron chi connectivity index (χ4n) is 3.00. The van der Waals surface area contributed by atoms with E-state index in [1.165, 1.54) is 32.1 Å². The third-order valence-corrected chi connectivity index (χ3v) is 4.20. The van der Waals surface area contributed by atoms with Crippen LogP contribution >= 0.6 is 0 Å². The minimum Gasteiger partial charge on any atom is -0.381 e. The second-order valence-electron chi connectivity index (χ2n) is 5.62. The third-order valence-electron chi connectivity index (χ3n) is 4.20. The van der Waals surface area contributed by atoms with Crippen LogP contribution in [0.25, 0.3) is 0 Å². The molecule has 0 unspecified atom stereocenters.